The van der Waals surface area contributed by atoms with Gasteiger partial charge in [0.05, 0.1) is 9.79 Å². The first kappa shape index (κ1) is 18.6. The lowest BCUT2D eigenvalue weighted by atomic mass is 10.2. The third-order valence-electron chi connectivity index (χ3n) is 2.92. The van der Waals surface area contributed by atoms with Crippen LogP contribution in [0, 0.1) is 6.92 Å². The highest BCUT2D eigenvalue weighted by atomic mass is 32.2. The largest absolute Gasteiger partial charge is 0.323 e. The Balaban J connectivity index is 0.00000170. The topological polar surface area (TPSA) is 63.2 Å². The molecule has 0 unspecified atom stereocenters. The Morgan fingerprint density at radius 2 is 1.70 bits per heavy atom. The monoisotopic (exact) mass is 333 g/mol. The normalized spacial score (nSPS) is 10.2. The molecule has 0 saturated carbocycles. The number of amides is 1. The molecule has 0 heterocycles. The van der Waals surface area contributed by atoms with Gasteiger partial charge in [-0.25, -0.2) is 8.42 Å². The molecule has 124 valence electrons. The van der Waals surface area contributed by atoms with Gasteiger partial charge in [0.2, 0.25) is 15.7 Å². The molecule has 4 nitrogen and oxygen atoms in total. The van der Waals surface area contributed by atoms with Crippen molar-refractivity contribution in [1.29, 1.82) is 0 Å². The van der Waals surface area contributed by atoms with Gasteiger partial charge >= 0.3 is 0 Å². The molecule has 0 aromatic heterocycles. The molecule has 0 aliphatic carbocycles. The fourth-order valence-corrected chi connectivity index (χ4v) is 3.19. The molecule has 1 N–H and O–H groups in total. The molecule has 0 aliphatic heterocycles. The SMILES string of the molecule is C=CC(=O)Nc1ccc(S(=O)(=O)c2cccc(C)c2)cc1.CC.[HH]. The molecular weight excluding hydrogens is 310 g/mol. The van der Waals surface area contributed by atoms with Crippen molar-refractivity contribution in [1.82, 2.24) is 0 Å². The second-order valence-corrected chi connectivity index (χ2v) is 6.49. The minimum absolute atomic E-state index is 0. The average Bonchev–Trinajstić information content (AvgIpc) is 2.57. The quantitative estimate of drug-likeness (QED) is 0.852. The van der Waals surface area contributed by atoms with Crippen LogP contribution in [0.5, 0.6) is 0 Å². The molecule has 0 saturated heterocycles. The number of sulfone groups is 1. The minimum atomic E-state index is -3.55. The lowest BCUT2D eigenvalue weighted by Crippen LogP contribution is -2.07. The molecule has 0 fully saturated rings. The van der Waals surface area contributed by atoms with Crippen LogP contribution >= 0.6 is 0 Å². The van der Waals surface area contributed by atoms with Gasteiger partial charge in [-0.3, -0.25) is 4.79 Å². The maximum atomic E-state index is 12.5. The highest BCUT2D eigenvalue weighted by molar-refractivity contribution is 7.91. The van der Waals surface area contributed by atoms with Crippen molar-refractivity contribution >= 4 is 21.4 Å². The summed E-state index contributed by atoms with van der Waals surface area (Å²) in [6, 6.07) is 12.8. The number of anilines is 1. The summed E-state index contributed by atoms with van der Waals surface area (Å²) < 4.78 is 24.9. The summed E-state index contributed by atoms with van der Waals surface area (Å²) in [7, 11) is -3.55. The summed E-state index contributed by atoms with van der Waals surface area (Å²) in [6.45, 7) is 9.19. The molecule has 2 aromatic carbocycles. The maximum absolute atomic E-state index is 12.5. The van der Waals surface area contributed by atoms with Gasteiger partial charge in [0.15, 0.2) is 0 Å². The molecule has 2 aromatic rings. The Labute approximate surface area is 139 Å². The van der Waals surface area contributed by atoms with E-state index in [1.54, 1.807) is 30.3 Å². The first-order valence-corrected chi connectivity index (χ1v) is 8.77. The van der Waals surface area contributed by atoms with Crippen molar-refractivity contribution in [3.05, 3.63) is 66.7 Å². The van der Waals surface area contributed by atoms with E-state index in [0.29, 0.717) is 5.69 Å². The summed E-state index contributed by atoms with van der Waals surface area (Å²) in [6.07, 6.45) is 1.15. The Morgan fingerprint density at radius 3 is 2.22 bits per heavy atom. The Bertz CT molecular complexity index is 784. The van der Waals surface area contributed by atoms with Gasteiger partial charge < -0.3 is 5.32 Å². The predicted molar refractivity (Wildman–Crippen MR) is 95.4 cm³/mol. The van der Waals surface area contributed by atoms with Gasteiger partial charge in [0.1, 0.15) is 0 Å². The third kappa shape index (κ3) is 4.79. The van der Waals surface area contributed by atoms with Crippen molar-refractivity contribution in [3.8, 4) is 0 Å². The van der Waals surface area contributed by atoms with Crippen LogP contribution in [0.4, 0.5) is 5.69 Å². The summed E-state index contributed by atoms with van der Waals surface area (Å²) in [5.74, 6) is -0.343. The van der Waals surface area contributed by atoms with Gasteiger partial charge in [0, 0.05) is 7.11 Å². The van der Waals surface area contributed by atoms with E-state index in [9.17, 15) is 13.2 Å². The first-order valence-electron chi connectivity index (χ1n) is 7.29. The van der Waals surface area contributed by atoms with Crippen LogP contribution in [0.25, 0.3) is 0 Å². The number of carbonyl (C=O) groups excluding carboxylic acids is 1. The van der Waals surface area contributed by atoms with Crippen molar-refractivity contribution in [3.63, 3.8) is 0 Å². The summed E-state index contributed by atoms with van der Waals surface area (Å²) in [5, 5.41) is 2.57. The lowest BCUT2D eigenvalue weighted by Gasteiger charge is -2.07. The van der Waals surface area contributed by atoms with Crippen molar-refractivity contribution in [2.45, 2.75) is 30.6 Å². The van der Waals surface area contributed by atoms with Crippen LogP contribution in [0.2, 0.25) is 0 Å². The van der Waals surface area contributed by atoms with Gasteiger partial charge in [-0.15, -0.1) is 0 Å². The van der Waals surface area contributed by atoms with E-state index in [0.717, 1.165) is 11.6 Å². The second kappa shape index (κ2) is 8.29. The van der Waals surface area contributed by atoms with E-state index in [4.69, 9.17) is 0 Å². The zero-order valence-electron chi connectivity index (χ0n) is 13.5. The van der Waals surface area contributed by atoms with Crippen LogP contribution < -0.4 is 5.32 Å². The highest BCUT2D eigenvalue weighted by Gasteiger charge is 2.17. The molecule has 0 atom stereocenters. The van der Waals surface area contributed by atoms with Gasteiger partial charge in [-0.05, 0) is 55.0 Å². The Kier molecular flexibility index (Phi) is 6.72. The number of aryl methyl sites for hydroxylation is 1. The lowest BCUT2D eigenvalue weighted by molar-refractivity contribution is -0.111. The summed E-state index contributed by atoms with van der Waals surface area (Å²) in [5.41, 5.74) is 1.40. The Hall–Kier alpha value is -2.40. The zero-order valence-corrected chi connectivity index (χ0v) is 14.4. The van der Waals surface area contributed by atoms with E-state index in [1.165, 1.54) is 12.1 Å². The smallest absolute Gasteiger partial charge is 0.247 e. The number of hydrogen-bond donors (Lipinski definition) is 1. The van der Waals surface area contributed by atoms with Crippen molar-refractivity contribution < 1.29 is 14.6 Å². The zero-order chi connectivity index (χ0) is 17.5. The molecule has 23 heavy (non-hydrogen) atoms. The average molecular weight is 333 g/mol. The number of rotatable bonds is 4. The van der Waals surface area contributed by atoms with Crippen LogP contribution in [0.15, 0.2) is 71.0 Å². The van der Waals surface area contributed by atoms with Crippen molar-refractivity contribution in [2.24, 2.45) is 0 Å². The molecule has 5 heteroatoms. The number of hydrogen-bond acceptors (Lipinski definition) is 3. The van der Waals surface area contributed by atoms with E-state index < -0.39 is 9.84 Å². The predicted octanol–water partition coefficient (Wildman–Crippen LogP) is 4.22. The maximum Gasteiger partial charge on any atom is 0.247 e. The molecule has 0 bridgehead atoms. The first-order chi connectivity index (χ1) is 10.9. The van der Waals surface area contributed by atoms with Crippen molar-refractivity contribution in [2.75, 3.05) is 5.32 Å². The number of nitrogens with one attached hydrogen (secondary N) is 1. The minimum Gasteiger partial charge on any atom is -0.323 e. The standard InChI is InChI=1S/C16H15NO3S.C2H6.H2/c1-3-16(18)17-13-7-9-14(10-8-13)21(19,20)15-6-4-5-12(2)11-15;1-2;/h3-11H,1H2,2H3,(H,17,18);1-2H3;1H. The molecule has 1 amide bonds. The number of carbonyl (C=O) groups is 1. The second-order valence-electron chi connectivity index (χ2n) is 4.54. The molecule has 2 rings (SSSR count). The highest BCUT2D eigenvalue weighted by Crippen LogP contribution is 2.23. The summed E-state index contributed by atoms with van der Waals surface area (Å²) in [4.78, 5) is 11.6. The van der Waals surface area contributed by atoms with E-state index >= 15 is 0 Å². The molecule has 0 aliphatic rings. The molecule has 0 spiro atoms. The molecule has 0 radical (unpaired) electrons. The Morgan fingerprint density at radius 1 is 1.09 bits per heavy atom. The fraction of sp³-hybridized carbons (Fsp3) is 0.167. The van der Waals surface area contributed by atoms with E-state index in [2.05, 4.69) is 11.9 Å². The molecular formula is C18H23NO3S. The van der Waals surface area contributed by atoms with Crippen LogP contribution in [-0.2, 0) is 14.6 Å². The van der Waals surface area contributed by atoms with Crippen LogP contribution in [-0.4, -0.2) is 14.3 Å². The van der Waals surface area contributed by atoms with E-state index in [-0.39, 0.29) is 17.1 Å². The van der Waals surface area contributed by atoms with Crippen LogP contribution in [0.1, 0.15) is 20.8 Å². The third-order valence-corrected chi connectivity index (χ3v) is 4.68. The fourth-order valence-electron chi connectivity index (χ4n) is 1.83. The van der Waals surface area contributed by atoms with Gasteiger partial charge in [-0.1, -0.05) is 32.6 Å². The van der Waals surface area contributed by atoms with Gasteiger partial charge in [-0.2, -0.15) is 0 Å². The van der Waals surface area contributed by atoms with Crippen LogP contribution in [0.3, 0.4) is 0 Å². The van der Waals surface area contributed by atoms with Gasteiger partial charge in [0.25, 0.3) is 0 Å². The van der Waals surface area contributed by atoms with E-state index in [1.807, 2.05) is 26.8 Å². The number of benzene rings is 2. The summed E-state index contributed by atoms with van der Waals surface area (Å²) >= 11 is 0.